The van der Waals surface area contributed by atoms with Crippen LogP contribution in [0.3, 0.4) is 0 Å². The molecule has 0 saturated heterocycles. The molecule has 0 fully saturated rings. The minimum atomic E-state index is -0.938. The summed E-state index contributed by atoms with van der Waals surface area (Å²) < 4.78 is 5.03. The van der Waals surface area contributed by atoms with Gasteiger partial charge in [0.15, 0.2) is 5.78 Å². The van der Waals surface area contributed by atoms with Gasteiger partial charge in [0.25, 0.3) is 0 Å². The molecular formula is C8H16O3. The highest BCUT2D eigenvalue weighted by atomic mass is 16.5. The molecule has 0 radical (unpaired) electrons. The molecule has 0 aromatic rings. The molecule has 0 aliphatic carbocycles. The summed E-state index contributed by atoms with van der Waals surface area (Å²) in [6.45, 7) is 4.18. The third-order valence-corrected chi connectivity index (χ3v) is 1.39. The highest BCUT2D eigenvalue weighted by Gasteiger charge is 2.08. The minimum Gasteiger partial charge on any atom is -0.383 e. The van der Waals surface area contributed by atoms with E-state index in [1.165, 1.54) is 6.92 Å². The summed E-state index contributed by atoms with van der Waals surface area (Å²) in [6.07, 6.45) is 1.10. The fourth-order valence-corrected chi connectivity index (χ4v) is 0.559. The number of carbonyl (C=O) groups is 1. The second-order valence-corrected chi connectivity index (χ2v) is 2.55. The van der Waals surface area contributed by atoms with E-state index >= 15 is 0 Å². The number of ether oxygens (including phenoxy) is 1. The lowest BCUT2D eigenvalue weighted by Crippen LogP contribution is -2.23. The van der Waals surface area contributed by atoms with Gasteiger partial charge in [-0.1, -0.05) is 13.3 Å². The number of aliphatic hydroxyl groups is 1. The van der Waals surface area contributed by atoms with Gasteiger partial charge in [-0.2, -0.15) is 0 Å². The lowest BCUT2D eigenvalue weighted by Gasteiger charge is -2.06. The molecule has 66 valence electrons. The zero-order valence-corrected chi connectivity index (χ0v) is 7.17. The van der Waals surface area contributed by atoms with Crippen LogP contribution in [-0.2, 0) is 9.53 Å². The van der Waals surface area contributed by atoms with E-state index < -0.39 is 6.10 Å². The predicted molar refractivity (Wildman–Crippen MR) is 42.4 cm³/mol. The zero-order chi connectivity index (χ0) is 8.69. The first-order chi connectivity index (χ1) is 5.18. The molecule has 3 nitrogen and oxygen atoms in total. The number of rotatable bonds is 6. The van der Waals surface area contributed by atoms with Crippen LogP contribution in [0.4, 0.5) is 0 Å². The lowest BCUT2D eigenvalue weighted by atomic mass is 10.3. The van der Waals surface area contributed by atoms with Crippen molar-refractivity contribution < 1.29 is 14.6 Å². The van der Waals surface area contributed by atoms with E-state index in [0.29, 0.717) is 6.61 Å². The molecule has 1 atom stereocenters. The highest BCUT2D eigenvalue weighted by molar-refractivity contribution is 5.80. The van der Waals surface area contributed by atoms with Crippen LogP contribution in [0.2, 0.25) is 0 Å². The van der Waals surface area contributed by atoms with Crippen LogP contribution < -0.4 is 0 Å². The Bertz CT molecular complexity index is 112. The van der Waals surface area contributed by atoms with Crippen molar-refractivity contribution in [2.24, 2.45) is 0 Å². The van der Waals surface area contributed by atoms with E-state index in [1.807, 2.05) is 0 Å². The van der Waals surface area contributed by atoms with Crippen LogP contribution in [-0.4, -0.2) is 30.2 Å². The van der Waals surface area contributed by atoms with Crippen LogP contribution >= 0.6 is 0 Å². The van der Waals surface area contributed by atoms with Gasteiger partial charge in [-0.15, -0.1) is 0 Å². The van der Waals surface area contributed by atoms with Crippen molar-refractivity contribution in [3.63, 3.8) is 0 Å². The molecule has 0 aliphatic rings. The summed E-state index contributed by atoms with van der Waals surface area (Å²) in [6, 6.07) is 0. The van der Waals surface area contributed by atoms with E-state index in [9.17, 15) is 4.79 Å². The number of Topliss-reactive ketones (excluding diaryl/α,β-unsaturated/α-hetero) is 1. The number of ketones is 1. The summed E-state index contributed by atoms with van der Waals surface area (Å²) in [5.41, 5.74) is 0. The first-order valence-electron chi connectivity index (χ1n) is 3.94. The largest absolute Gasteiger partial charge is 0.383 e. The molecular weight excluding hydrogens is 144 g/mol. The molecule has 11 heavy (non-hydrogen) atoms. The second kappa shape index (κ2) is 6.31. The molecule has 1 N–H and O–H groups in total. The standard InChI is InChI=1S/C8H16O3/c1-3-4-5-11-6-8(10)7(2)9/h8,10H,3-6H2,1-2H3. The van der Waals surface area contributed by atoms with Crippen LogP contribution in [0.1, 0.15) is 26.7 Å². The Hall–Kier alpha value is -0.410. The normalized spacial score (nSPS) is 13.0. The van der Waals surface area contributed by atoms with Gasteiger partial charge >= 0.3 is 0 Å². The Balaban J connectivity index is 3.17. The third kappa shape index (κ3) is 6.01. The van der Waals surface area contributed by atoms with Gasteiger partial charge in [0.05, 0.1) is 6.61 Å². The van der Waals surface area contributed by atoms with Crippen LogP contribution in [0, 0.1) is 0 Å². The highest BCUT2D eigenvalue weighted by Crippen LogP contribution is 1.91. The maximum absolute atomic E-state index is 10.5. The SMILES string of the molecule is CCCCOCC(O)C(C)=O. The summed E-state index contributed by atoms with van der Waals surface area (Å²) in [5.74, 6) is -0.235. The van der Waals surface area contributed by atoms with Crippen molar-refractivity contribution in [3.8, 4) is 0 Å². The molecule has 0 aromatic heterocycles. The van der Waals surface area contributed by atoms with Crippen molar-refractivity contribution in [2.45, 2.75) is 32.8 Å². The average molecular weight is 160 g/mol. The lowest BCUT2D eigenvalue weighted by molar-refractivity contribution is -0.127. The van der Waals surface area contributed by atoms with Crippen LogP contribution in [0.15, 0.2) is 0 Å². The van der Waals surface area contributed by atoms with Crippen molar-refractivity contribution >= 4 is 5.78 Å². The molecule has 0 heterocycles. The molecule has 0 aliphatic heterocycles. The number of unbranched alkanes of at least 4 members (excludes halogenated alkanes) is 1. The van der Waals surface area contributed by atoms with Crippen molar-refractivity contribution in [1.29, 1.82) is 0 Å². The summed E-state index contributed by atoms with van der Waals surface area (Å²) in [7, 11) is 0. The maximum atomic E-state index is 10.5. The van der Waals surface area contributed by atoms with Gasteiger partial charge in [-0.05, 0) is 13.3 Å². The van der Waals surface area contributed by atoms with Crippen LogP contribution in [0.5, 0.6) is 0 Å². The van der Waals surface area contributed by atoms with Gasteiger partial charge in [0.1, 0.15) is 6.10 Å². The Morgan fingerprint density at radius 1 is 1.64 bits per heavy atom. The first kappa shape index (κ1) is 10.6. The number of carbonyl (C=O) groups excluding carboxylic acids is 1. The Labute approximate surface area is 67.4 Å². The first-order valence-corrected chi connectivity index (χ1v) is 3.94. The average Bonchev–Trinajstić information content (AvgIpc) is 1.97. The van der Waals surface area contributed by atoms with E-state index in [0.717, 1.165) is 12.8 Å². The van der Waals surface area contributed by atoms with E-state index in [4.69, 9.17) is 9.84 Å². The minimum absolute atomic E-state index is 0.134. The molecule has 0 bridgehead atoms. The molecule has 0 rings (SSSR count). The van der Waals surface area contributed by atoms with Gasteiger partial charge in [0.2, 0.25) is 0 Å². The van der Waals surface area contributed by atoms with Crippen LogP contribution in [0.25, 0.3) is 0 Å². The Kier molecular flexibility index (Phi) is 6.07. The number of hydrogen-bond donors (Lipinski definition) is 1. The quantitative estimate of drug-likeness (QED) is 0.583. The predicted octanol–water partition coefficient (Wildman–Crippen LogP) is 0.753. The molecule has 1 unspecified atom stereocenters. The van der Waals surface area contributed by atoms with E-state index in [2.05, 4.69) is 6.92 Å². The van der Waals surface area contributed by atoms with E-state index in [1.54, 1.807) is 0 Å². The molecule has 0 saturated carbocycles. The third-order valence-electron chi connectivity index (χ3n) is 1.39. The molecule has 3 heteroatoms. The molecule has 0 amide bonds. The van der Waals surface area contributed by atoms with Gasteiger partial charge in [-0.25, -0.2) is 0 Å². The molecule has 0 aromatic carbocycles. The smallest absolute Gasteiger partial charge is 0.160 e. The maximum Gasteiger partial charge on any atom is 0.160 e. The van der Waals surface area contributed by atoms with Gasteiger partial charge in [-0.3, -0.25) is 4.79 Å². The summed E-state index contributed by atoms with van der Waals surface area (Å²) >= 11 is 0. The summed E-state index contributed by atoms with van der Waals surface area (Å²) in [5, 5.41) is 8.95. The Morgan fingerprint density at radius 3 is 2.73 bits per heavy atom. The second-order valence-electron chi connectivity index (χ2n) is 2.55. The zero-order valence-electron chi connectivity index (χ0n) is 7.17. The number of aliphatic hydroxyl groups excluding tert-OH is 1. The van der Waals surface area contributed by atoms with Gasteiger partial charge < -0.3 is 9.84 Å². The molecule has 0 spiro atoms. The fourth-order valence-electron chi connectivity index (χ4n) is 0.559. The monoisotopic (exact) mass is 160 g/mol. The fraction of sp³-hybridized carbons (Fsp3) is 0.875. The van der Waals surface area contributed by atoms with Crippen molar-refractivity contribution in [3.05, 3.63) is 0 Å². The van der Waals surface area contributed by atoms with Gasteiger partial charge in [0, 0.05) is 6.61 Å². The summed E-state index contributed by atoms with van der Waals surface area (Å²) in [4.78, 5) is 10.5. The van der Waals surface area contributed by atoms with E-state index in [-0.39, 0.29) is 12.4 Å². The Morgan fingerprint density at radius 2 is 2.27 bits per heavy atom. The van der Waals surface area contributed by atoms with Crippen molar-refractivity contribution in [1.82, 2.24) is 0 Å². The number of hydrogen-bond acceptors (Lipinski definition) is 3. The topological polar surface area (TPSA) is 46.5 Å². The van der Waals surface area contributed by atoms with Crippen molar-refractivity contribution in [2.75, 3.05) is 13.2 Å².